The molecule has 6 nitrogen and oxygen atoms in total. The molecule has 1 aromatic heterocycles. The van der Waals surface area contributed by atoms with Crippen LogP contribution in [0.2, 0.25) is 5.02 Å². The van der Waals surface area contributed by atoms with Gasteiger partial charge in [-0.25, -0.2) is 0 Å². The third-order valence-corrected chi connectivity index (χ3v) is 3.35. The average Bonchev–Trinajstić information content (AvgIpc) is 3.08. The molecule has 1 heterocycles. The van der Waals surface area contributed by atoms with Crippen molar-refractivity contribution in [3.05, 3.63) is 59.0 Å². The first-order valence-electron chi connectivity index (χ1n) is 7.19. The average molecular weight is 349 g/mol. The maximum Gasteiger partial charge on any atom is 0.251 e. The smallest absolute Gasteiger partial charge is 0.251 e. The second-order valence-corrected chi connectivity index (χ2v) is 5.19. The number of amides is 2. The summed E-state index contributed by atoms with van der Waals surface area (Å²) in [4.78, 5) is 23.9. The molecular formula is C17H17ClN2O4. The zero-order valence-electron chi connectivity index (χ0n) is 13.0. The van der Waals surface area contributed by atoms with Crippen LogP contribution in [-0.4, -0.2) is 32.1 Å². The molecule has 0 aliphatic heterocycles. The van der Waals surface area contributed by atoms with Gasteiger partial charge in [0.1, 0.15) is 5.76 Å². The Kier molecular flexibility index (Phi) is 6.60. The van der Waals surface area contributed by atoms with Crippen LogP contribution in [0.15, 0.2) is 47.1 Å². The lowest BCUT2D eigenvalue weighted by molar-refractivity contribution is -0.111. The molecule has 0 spiro atoms. The number of rotatable bonds is 7. The Hall–Kier alpha value is -2.57. The minimum absolute atomic E-state index is 0.273. The topological polar surface area (TPSA) is 80.6 Å². The molecule has 2 aromatic rings. The molecule has 0 aliphatic carbocycles. The molecule has 1 aromatic carbocycles. The number of hydrogen-bond acceptors (Lipinski definition) is 4. The predicted molar refractivity (Wildman–Crippen MR) is 92.0 cm³/mol. The summed E-state index contributed by atoms with van der Waals surface area (Å²) < 4.78 is 9.97. The summed E-state index contributed by atoms with van der Waals surface area (Å²) in [7, 11) is 1.55. The summed E-state index contributed by atoms with van der Waals surface area (Å²) in [6, 6.07) is 8.10. The highest BCUT2D eigenvalue weighted by Crippen LogP contribution is 2.23. The number of halogens is 1. The Morgan fingerprint density at radius 2 is 2.17 bits per heavy atom. The van der Waals surface area contributed by atoms with Gasteiger partial charge >= 0.3 is 0 Å². The molecule has 126 valence electrons. The van der Waals surface area contributed by atoms with Crippen LogP contribution < -0.4 is 10.6 Å². The number of furan rings is 1. The van der Waals surface area contributed by atoms with Gasteiger partial charge in [-0.15, -0.1) is 0 Å². The van der Waals surface area contributed by atoms with E-state index < -0.39 is 0 Å². The van der Waals surface area contributed by atoms with E-state index in [1.165, 1.54) is 24.5 Å². The van der Waals surface area contributed by atoms with Gasteiger partial charge in [-0.3, -0.25) is 9.59 Å². The lowest BCUT2D eigenvalue weighted by Gasteiger charge is -2.09. The van der Waals surface area contributed by atoms with Gasteiger partial charge < -0.3 is 19.8 Å². The van der Waals surface area contributed by atoms with Crippen LogP contribution >= 0.6 is 11.6 Å². The zero-order chi connectivity index (χ0) is 17.4. The summed E-state index contributed by atoms with van der Waals surface area (Å²) in [6.07, 6.45) is 4.37. The normalized spacial score (nSPS) is 10.8. The van der Waals surface area contributed by atoms with Crippen molar-refractivity contribution in [1.82, 2.24) is 5.32 Å². The summed E-state index contributed by atoms with van der Waals surface area (Å²) in [5, 5.41) is 5.66. The monoisotopic (exact) mass is 348 g/mol. The molecule has 0 atom stereocenters. The van der Waals surface area contributed by atoms with Crippen LogP contribution in [0.1, 0.15) is 16.1 Å². The Bertz CT molecular complexity index is 726. The molecule has 2 N–H and O–H groups in total. The third kappa shape index (κ3) is 5.26. The lowest BCUT2D eigenvalue weighted by atomic mass is 10.2. The first-order valence-corrected chi connectivity index (χ1v) is 7.57. The van der Waals surface area contributed by atoms with Crippen LogP contribution in [0.3, 0.4) is 0 Å². The standard InChI is InChI=1S/C17H17ClN2O4/c1-23-10-8-19-17(22)12-4-6-14(18)15(11-12)20-16(21)7-5-13-3-2-9-24-13/h2-7,9,11H,8,10H2,1H3,(H,19,22)(H,20,21). The van der Waals surface area contributed by atoms with E-state index in [0.29, 0.717) is 35.2 Å². The minimum atomic E-state index is -0.384. The largest absolute Gasteiger partial charge is 0.465 e. The second-order valence-electron chi connectivity index (χ2n) is 4.78. The van der Waals surface area contributed by atoms with E-state index in [1.54, 1.807) is 31.4 Å². The number of hydrogen-bond donors (Lipinski definition) is 2. The first kappa shape index (κ1) is 17.8. The molecule has 0 radical (unpaired) electrons. The zero-order valence-corrected chi connectivity index (χ0v) is 13.8. The molecular weight excluding hydrogens is 332 g/mol. The third-order valence-electron chi connectivity index (χ3n) is 3.02. The highest BCUT2D eigenvalue weighted by molar-refractivity contribution is 6.34. The number of anilines is 1. The van der Waals surface area contributed by atoms with Crippen LogP contribution in [-0.2, 0) is 9.53 Å². The summed E-state index contributed by atoms with van der Waals surface area (Å²) in [5.41, 5.74) is 0.742. The van der Waals surface area contributed by atoms with Gasteiger partial charge in [0.2, 0.25) is 5.91 Å². The Balaban J connectivity index is 2.02. The van der Waals surface area contributed by atoms with E-state index >= 15 is 0 Å². The number of benzene rings is 1. The van der Waals surface area contributed by atoms with Gasteiger partial charge in [-0.1, -0.05) is 11.6 Å². The Labute approximate surface area is 144 Å². The van der Waals surface area contributed by atoms with E-state index in [9.17, 15) is 9.59 Å². The Morgan fingerprint density at radius 1 is 1.33 bits per heavy atom. The molecule has 0 saturated heterocycles. The van der Waals surface area contributed by atoms with Crippen LogP contribution in [0.5, 0.6) is 0 Å². The first-order chi connectivity index (χ1) is 11.6. The second kappa shape index (κ2) is 8.90. The molecule has 2 amide bonds. The van der Waals surface area contributed by atoms with Gasteiger partial charge in [0, 0.05) is 25.3 Å². The molecule has 2 rings (SSSR count). The van der Waals surface area contributed by atoms with E-state index in [0.717, 1.165) is 0 Å². The molecule has 24 heavy (non-hydrogen) atoms. The summed E-state index contributed by atoms with van der Waals surface area (Å²) >= 11 is 6.06. The van der Waals surface area contributed by atoms with Crippen LogP contribution in [0.4, 0.5) is 5.69 Å². The van der Waals surface area contributed by atoms with Crippen molar-refractivity contribution < 1.29 is 18.7 Å². The molecule has 0 saturated carbocycles. The fraction of sp³-hybridized carbons (Fsp3) is 0.176. The van der Waals surface area contributed by atoms with Crippen molar-refractivity contribution in [3.63, 3.8) is 0 Å². The SMILES string of the molecule is COCCNC(=O)c1ccc(Cl)c(NC(=O)C=Cc2ccco2)c1. The van der Waals surface area contributed by atoms with Crippen molar-refractivity contribution in [2.75, 3.05) is 25.6 Å². The van der Waals surface area contributed by atoms with Crippen LogP contribution in [0, 0.1) is 0 Å². The van der Waals surface area contributed by atoms with Crippen molar-refractivity contribution in [3.8, 4) is 0 Å². The maximum absolute atomic E-state index is 12.0. The number of methoxy groups -OCH3 is 1. The summed E-state index contributed by atoms with van der Waals surface area (Å²) in [6.45, 7) is 0.812. The molecule has 0 bridgehead atoms. The van der Waals surface area contributed by atoms with Gasteiger partial charge in [-0.2, -0.15) is 0 Å². The highest BCUT2D eigenvalue weighted by atomic mass is 35.5. The number of nitrogens with one attached hydrogen (secondary N) is 2. The van der Waals surface area contributed by atoms with Gasteiger partial charge in [0.15, 0.2) is 0 Å². The number of carbonyl (C=O) groups excluding carboxylic acids is 2. The maximum atomic E-state index is 12.0. The van der Waals surface area contributed by atoms with Crippen molar-refractivity contribution in [1.29, 1.82) is 0 Å². The highest BCUT2D eigenvalue weighted by Gasteiger charge is 2.10. The lowest BCUT2D eigenvalue weighted by Crippen LogP contribution is -2.27. The number of carbonyl (C=O) groups is 2. The van der Waals surface area contributed by atoms with E-state index in [-0.39, 0.29) is 11.8 Å². The summed E-state index contributed by atoms with van der Waals surface area (Å²) in [5.74, 6) is -0.0990. The van der Waals surface area contributed by atoms with Crippen molar-refractivity contribution >= 4 is 35.2 Å². The van der Waals surface area contributed by atoms with Gasteiger partial charge in [0.25, 0.3) is 5.91 Å². The van der Waals surface area contributed by atoms with Crippen molar-refractivity contribution in [2.45, 2.75) is 0 Å². The number of ether oxygens (including phenoxy) is 1. The van der Waals surface area contributed by atoms with Gasteiger partial charge in [0.05, 0.1) is 23.6 Å². The van der Waals surface area contributed by atoms with E-state index in [2.05, 4.69) is 10.6 Å². The minimum Gasteiger partial charge on any atom is -0.465 e. The fourth-order valence-corrected chi connectivity index (χ4v) is 2.01. The van der Waals surface area contributed by atoms with Crippen molar-refractivity contribution in [2.24, 2.45) is 0 Å². The molecule has 0 aliphatic rings. The molecule has 0 unspecified atom stereocenters. The van der Waals surface area contributed by atoms with Crippen LogP contribution in [0.25, 0.3) is 6.08 Å². The fourth-order valence-electron chi connectivity index (χ4n) is 1.85. The van der Waals surface area contributed by atoms with E-state index in [1.807, 2.05) is 0 Å². The van der Waals surface area contributed by atoms with E-state index in [4.69, 9.17) is 20.8 Å². The predicted octanol–water partition coefficient (Wildman–Crippen LogP) is 2.96. The molecule has 0 fully saturated rings. The Morgan fingerprint density at radius 3 is 2.88 bits per heavy atom. The van der Waals surface area contributed by atoms with Gasteiger partial charge in [-0.05, 0) is 36.4 Å². The quantitative estimate of drug-likeness (QED) is 0.595. The molecule has 7 heteroatoms.